The van der Waals surface area contributed by atoms with Crippen LogP contribution in [0.15, 0.2) is 182 Å². The Labute approximate surface area is 480 Å². The lowest BCUT2D eigenvalue weighted by Gasteiger charge is -2.15. The molecule has 1 atom stereocenters. The third-order valence-corrected chi connectivity index (χ3v) is 12.7. The number of unbranched alkanes of at least 4 members (excludes halogenated alkanes) is 17. The monoisotopic (exact) mass is 1070 g/mol. The van der Waals surface area contributed by atoms with Gasteiger partial charge in [0, 0.05) is 12.8 Å². The van der Waals surface area contributed by atoms with Crippen LogP contribution in [-0.4, -0.2) is 36.4 Å². The molecule has 78 heavy (non-hydrogen) atoms. The van der Waals surface area contributed by atoms with Crippen LogP contribution in [0.25, 0.3) is 0 Å². The molecule has 1 unspecified atom stereocenters. The Morgan fingerprint density at radius 3 is 0.769 bits per heavy atom. The van der Waals surface area contributed by atoms with Gasteiger partial charge in [-0.05, 0) is 135 Å². The molecule has 5 nitrogen and oxygen atoms in total. The molecule has 436 valence electrons. The van der Waals surface area contributed by atoms with Crippen LogP contribution in [0.1, 0.15) is 245 Å². The number of hydrogen-bond donors (Lipinski definition) is 1. The Hall–Kier alpha value is -5.00. The zero-order chi connectivity index (χ0) is 56.2. The third kappa shape index (κ3) is 63.5. The molecule has 0 aliphatic carbocycles. The van der Waals surface area contributed by atoms with Gasteiger partial charge in [0.2, 0.25) is 0 Å². The molecule has 0 aromatic heterocycles. The molecular weight excluding hydrogens is 957 g/mol. The summed E-state index contributed by atoms with van der Waals surface area (Å²) >= 11 is 0. The zero-order valence-electron chi connectivity index (χ0n) is 49.8. The lowest BCUT2D eigenvalue weighted by molar-refractivity contribution is -0.161. The number of carbonyl (C=O) groups excluding carboxylic acids is 2. The van der Waals surface area contributed by atoms with Gasteiger partial charge in [-0.2, -0.15) is 0 Å². The van der Waals surface area contributed by atoms with Gasteiger partial charge in [-0.1, -0.05) is 280 Å². The number of hydrogen-bond acceptors (Lipinski definition) is 5. The Balaban J connectivity index is 3.63. The van der Waals surface area contributed by atoms with Crippen LogP contribution in [0.5, 0.6) is 0 Å². The normalized spacial score (nSPS) is 13.5. The van der Waals surface area contributed by atoms with E-state index in [-0.39, 0.29) is 25.2 Å². The molecule has 0 rings (SSSR count). The van der Waals surface area contributed by atoms with Crippen molar-refractivity contribution in [2.75, 3.05) is 13.2 Å². The molecule has 0 heterocycles. The third-order valence-electron chi connectivity index (χ3n) is 12.7. The first-order valence-electron chi connectivity index (χ1n) is 31.3. The summed E-state index contributed by atoms with van der Waals surface area (Å²) in [7, 11) is 0. The van der Waals surface area contributed by atoms with Gasteiger partial charge in [-0.15, -0.1) is 0 Å². The van der Waals surface area contributed by atoms with Gasteiger partial charge >= 0.3 is 11.9 Å². The Morgan fingerprint density at radius 2 is 0.513 bits per heavy atom. The number of aliphatic hydroxyl groups is 1. The van der Waals surface area contributed by atoms with Gasteiger partial charge in [0.1, 0.15) is 6.61 Å². The molecule has 0 spiro atoms. The summed E-state index contributed by atoms with van der Waals surface area (Å²) in [4.78, 5) is 24.6. The molecule has 1 N–H and O–H groups in total. The molecular formula is C73H114O5. The number of rotatable bonds is 55. The summed E-state index contributed by atoms with van der Waals surface area (Å²) in [5.74, 6) is -0.622. The van der Waals surface area contributed by atoms with Crippen molar-refractivity contribution in [3.63, 3.8) is 0 Å². The topological polar surface area (TPSA) is 72.8 Å². The molecule has 0 radical (unpaired) electrons. The lowest BCUT2D eigenvalue weighted by Crippen LogP contribution is -2.28. The van der Waals surface area contributed by atoms with E-state index in [1.807, 2.05) is 0 Å². The summed E-state index contributed by atoms with van der Waals surface area (Å²) < 4.78 is 10.7. The molecule has 5 heteroatoms. The van der Waals surface area contributed by atoms with E-state index in [0.717, 1.165) is 148 Å². The van der Waals surface area contributed by atoms with E-state index in [4.69, 9.17) is 9.47 Å². The fourth-order valence-electron chi connectivity index (χ4n) is 8.08. The number of ether oxygens (including phenoxy) is 2. The van der Waals surface area contributed by atoms with Crippen LogP contribution in [0, 0.1) is 0 Å². The predicted octanol–water partition coefficient (Wildman–Crippen LogP) is 21.9. The highest BCUT2D eigenvalue weighted by Gasteiger charge is 2.16. The second-order valence-electron chi connectivity index (χ2n) is 20.0. The molecule has 0 saturated carbocycles. The number of esters is 2. The summed E-state index contributed by atoms with van der Waals surface area (Å²) in [6.07, 6.45) is 104. The maximum Gasteiger partial charge on any atom is 0.306 e. The quantitative estimate of drug-likeness (QED) is 0.0373. The predicted molar refractivity (Wildman–Crippen MR) is 343 cm³/mol. The molecule has 0 saturated heterocycles. The maximum atomic E-state index is 12.3. The second-order valence-corrected chi connectivity index (χ2v) is 20.0. The Kier molecular flexibility index (Phi) is 62.0. The molecule has 0 amide bonds. The van der Waals surface area contributed by atoms with E-state index in [0.29, 0.717) is 12.8 Å². The number of carbonyl (C=O) groups is 2. The van der Waals surface area contributed by atoms with Crippen molar-refractivity contribution in [2.45, 2.75) is 251 Å². The van der Waals surface area contributed by atoms with Crippen molar-refractivity contribution in [2.24, 2.45) is 0 Å². The van der Waals surface area contributed by atoms with E-state index >= 15 is 0 Å². The van der Waals surface area contributed by atoms with Gasteiger partial charge in [-0.25, -0.2) is 0 Å². The highest BCUT2D eigenvalue weighted by Crippen LogP contribution is 2.14. The summed E-state index contributed by atoms with van der Waals surface area (Å²) in [5, 5.41) is 9.68. The van der Waals surface area contributed by atoms with Crippen molar-refractivity contribution in [1.82, 2.24) is 0 Å². The molecule has 0 aromatic rings. The van der Waals surface area contributed by atoms with Gasteiger partial charge in [0.25, 0.3) is 0 Å². The van der Waals surface area contributed by atoms with Crippen LogP contribution in [-0.2, 0) is 19.1 Å². The van der Waals surface area contributed by atoms with Crippen LogP contribution >= 0.6 is 0 Å². The van der Waals surface area contributed by atoms with Crippen molar-refractivity contribution >= 4 is 11.9 Å². The Bertz CT molecular complexity index is 1780. The van der Waals surface area contributed by atoms with Crippen LogP contribution in [0.4, 0.5) is 0 Å². The van der Waals surface area contributed by atoms with Crippen molar-refractivity contribution in [1.29, 1.82) is 0 Å². The maximum absolute atomic E-state index is 12.3. The van der Waals surface area contributed by atoms with Gasteiger partial charge in [0.15, 0.2) is 6.10 Å². The minimum atomic E-state index is -0.797. The van der Waals surface area contributed by atoms with Crippen molar-refractivity contribution in [3.8, 4) is 0 Å². The molecule has 0 fully saturated rings. The summed E-state index contributed by atoms with van der Waals surface area (Å²) in [5.41, 5.74) is 0. The van der Waals surface area contributed by atoms with E-state index in [9.17, 15) is 14.7 Å². The summed E-state index contributed by atoms with van der Waals surface area (Å²) in [6, 6.07) is 0. The fraction of sp³-hybridized carbons (Fsp3) is 0.562. The van der Waals surface area contributed by atoms with Crippen LogP contribution < -0.4 is 0 Å². The lowest BCUT2D eigenvalue weighted by atomic mass is 10.0. The average Bonchev–Trinajstić information content (AvgIpc) is 3.44. The minimum Gasteiger partial charge on any atom is -0.462 e. The number of allylic oxidation sites excluding steroid dienone is 30. The van der Waals surface area contributed by atoms with Crippen molar-refractivity contribution in [3.05, 3.63) is 182 Å². The molecule has 0 bridgehead atoms. The molecule has 0 aliphatic heterocycles. The van der Waals surface area contributed by atoms with Crippen LogP contribution in [0.3, 0.4) is 0 Å². The van der Waals surface area contributed by atoms with Crippen LogP contribution in [0.2, 0.25) is 0 Å². The van der Waals surface area contributed by atoms with Gasteiger partial charge < -0.3 is 14.6 Å². The Morgan fingerprint density at radius 1 is 0.295 bits per heavy atom. The smallest absolute Gasteiger partial charge is 0.306 e. The van der Waals surface area contributed by atoms with Gasteiger partial charge in [0.05, 0.1) is 6.61 Å². The first kappa shape index (κ1) is 73.0. The summed E-state index contributed by atoms with van der Waals surface area (Å²) in [6.45, 7) is 3.89. The van der Waals surface area contributed by atoms with E-state index in [1.165, 1.54) is 70.6 Å². The van der Waals surface area contributed by atoms with E-state index < -0.39 is 6.10 Å². The zero-order valence-corrected chi connectivity index (χ0v) is 49.8. The highest BCUT2D eigenvalue weighted by molar-refractivity contribution is 5.70. The minimum absolute atomic E-state index is 0.0850. The SMILES string of the molecule is CC/C=C\C/C=C\C/C=C\C/C=C\C/C=C\C/C=C\C/C=C\C/C=C\C/C=C\C/C=C\CCCCCCCCC(=O)OC(CO)COC(=O)CCCCCCCCCCCCC/C=C\C/C=C\C/C=C\C/C=C\C/C=C\CC. The fourth-order valence-corrected chi connectivity index (χ4v) is 8.08. The largest absolute Gasteiger partial charge is 0.462 e. The number of aliphatic hydroxyl groups excluding tert-OH is 1. The standard InChI is InChI=1S/C73H114O5/c1-3-5-7-9-11-13-15-17-19-21-23-25-27-29-31-32-33-34-35-36-37-38-39-40-42-44-46-48-50-52-54-56-58-60-62-64-66-68-73(76)78-71(69-74)70-77-72(75)67-65-63-61-59-57-55-53-51-49-47-45-43-41-30-28-26-24-22-20-18-16-14-12-10-8-6-4-2/h5-8,11-14,17-20,23-26,29-31,33-34,36-37,39-41,44,46,50,52,71,74H,3-4,9-10,15-16,21-22,27-28,32,35,38,42-43,45,47-49,51,53-70H2,1-2H3/b7-5-,8-6-,13-11-,14-12-,19-17-,20-18-,25-23-,26-24-,31-29-,34-33-,37-36-,40-39-,41-30-,46-44-,52-50-. The van der Waals surface area contributed by atoms with E-state index in [1.54, 1.807) is 0 Å². The van der Waals surface area contributed by atoms with Gasteiger partial charge in [-0.3, -0.25) is 9.59 Å². The van der Waals surface area contributed by atoms with Crippen molar-refractivity contribution < 1.29 is 24.2 Å². The second kappa shape index (κ2) is 66.3. The molecule has 0 aromatic carbocycles. The first-order chi connectivity index (χ1) is 38.6. The first-order valence-corrected chi connectivity index (χ1v) is 31.3. The highest BCUT2D eigenvalue weighted by atomic mass is 16.6. The average molecular weight is 1070 g/mol. The van der Waals surface area contributed by atoms with E-state index in [2.05, 4.69) is 196 Å². The molecule has 0 aliphatic rings.